The Kier molecular flexibility index (Phi) is 4.04. The molecule has 86 valence electrons. The van der Waals surface area contributed by atoms with Crippen LogP contribution >= 0.6 is 11.6 Å². The molecule has 0 spiro atoms. The van der Waals surface area contributed by atoms with Gasteiger partial charge < -0.3 is 10.2 Å². The number of aliphatic hydroxyl groups excluding tert-OH is 1. The van der Waals surface area contributed by atoms with Gasteiger partial charge in [0, 0.05) is 0 Å². The zero-order valence-electron chi connectivity index (χ0n) is 8.55. The Bertz CT molecular complexity index is 360. The zero-order valence-corrected chi connectivity index (χ0v) is 9.31. The van der Waals surface area contributed by atoms with Gasteiger partial charge in [-0.15, -0.1) is 11.6 Å². The van der Waals surface area contributed by atoms with Crippen molar-refractivity contribution >= 4 is 23.4 Å². The highest BCUT2D eigenvalue weighted by Gasteiger charge is 2.17. The lowest BCUT2D eigenvalue weighted by Gasteiger charge is -2.09. The molecule has 5 heteroatoms. The average Bonchev–Trinajstić information content (AvgIpc) is 2.27. The first-order valence-electron chi connectivity index (χ1n) is 4.58. The van der Waals surface area contributed by atoms with Gasteiger partial charge >= 0.3 is 5.97 Å². The van der Waals surface area contributed by atoms with Crippen molar-refractivity contribution in [3.8, 4) is 0 Å². The van der Waals surface area contributed by atoms with Crippen LogP contribution in [0.2, 0.25) is 0 Å². The zero-order chi connectivity index (χ0) is 12.3. The molecule has 0 amide bonds. The van der Waals surface area contributed by atoms with Crippen LogP contribution in [0.4, 0.5) is 0 Å². The second kappa shape index (κ2) is 5.09. The van der Waals surface area contributed by atoms with Crippen LogP contribution in [0, 0.1) is 0 Å². The van der Waals surface area contributed by atoms with Crippen molar-refractivity contribution in [1.82, 2.24) is 0 Å². The fourth-order valence-corrected chi connectivity index (χ4v) is 1.37. The standard InChI is InChI=1S/C11H11ClO4/c1-6(13)9(12)7-2-4-8(5-3-7)10(14)11(15)16/h2-5,9-10,14H,1H3,(H,15,16). The first kappa shape index (κ1) is 12.7. The predicted octanol–water partition coefficient (Wildman–Crippen LogP) is 1.67. The lowest BCUT2D eigenvalue weighted by atomic mass is 10.0. The van der Waals surface area contributed by atoms with Crippen molar-refractivity contribution in [2.75, 3.05) is 0 Å². The first-order valence-corrected chi connectivity index (χ1v) is 5.02. The third-order valence-corrected chi connectivity index (χ3v) is 2.69. The van der Waals surface area contributed by atoms with Crippen molar-refractivity contribution < 1.29 is 19.8 Å². The maximum Gasteiger partial charge on any atom is 0.337 e. The van der Waals surface area contributed by atoms with Crippen LogP contribution in [0.25, 0.3) is 0 Å². The van der Waals surface area contributed by atoms with Crippen molar-refractivity contribution in [1.29, 1.82) is 0 Å². The lowest BCUT2D eigenvalue weighted by Crippen LogP contribution is -2.10. The number of aliphatic carboxylic acids is 1. The molecular formula is C11H11ClO4. The Balaban J connectivity index is 2.91. The third-order valence-electron chi connectivity index (χ3n) is 2.14. The van der Waals surface area contributed by atoms with Crippen LogP contribution in [0.3, 0.4) is 0 Å². The molecule has 2 N–H and O–H groups in total. The summed E-state index contributed by atoms with van der Waals surface area (Å²) >= 11 is 5.81. The van der Waals surface area contributed by atoms with Gasteiger partial charge in [0.05, 0.1) is 0 Å². The molecule has 1 aromatic rings. The number of alkyl halides is 1. The van der Waals surface area contributed by atoms with Gasteiger partial charge in [-0.05, 0) is 18.1 Å². The van der Waals surface area contributed by atoms with E-state index in [1.54, 1.807) is 0 Å². The number of carboxylic acid groups (broad SMARTS) is 1. The van der Waals surface area contributed by atoms with E-state index in [0.29, 0.717) is 5.56 Å². The molecule has 4 nitrogen and oxygen atoms in total. The fourth-order valence-electron chi connectivity index (χ4n) is 1.22. The number of rotatable bonds is 4. The number of carbonyl (C=O) groups excluding carboxylic acids is 1. The number of aliphatic hydroxyl groups is 1. The lowest BCUT2D eigenvalue weighted by molar-refractivity contribution is -0.147. The number of halogens is 1. The van der Waals surface area contributed by atoms with Gasteiger partial charge in [-0.1, -0.05) is 24.3 Å². The molecular weight excluding hydrogens is 232 g/mol. The van der Waals surface area contributed by atoms with Gasteiger partial charge in [0.2, 0.25) is 0 Å². The van der Waals surface area contributed by atoms with Gasteiger partial charge in [0.25, 0.3) is 0 Å². The summed E-state index contributed by atoms with van der Waals surface area (Å²) in [4.78, 5) is 21.5. The summed E-state index contributed by atoms with van der Waals surface area (Å²) < 4.78 is 0. The van der Waals surface area contributed by atoms with E-state index in [4.69, 9.17) is 16.7 Å². The minimum atomic E-state index is -1.56. The molecule has 0 bridgehead atoms. The molecule has 0 saturated heterocycles. The van der Waals surface area contributed by atoms with Crippen molar-refractivity contribution in [2.45, 2.75) is 18.4 Å². The smallest absolute Gasteiger partial charge is 0.337 e. The van der Waals surface area contributed by atoms with Crippen LogP contribution in [-0.2, 0) is 9.59 Å². The summed E-state index contributed by atoms with van der Waals surface area (Å²) in [6.45, 7) is 1.37. The first-order chi connectivity index (χ1) is 7.43. The Morgan fingerprint density at radius 1 is 1.19 bits per heavy atom. The highest BCUT2D eigenvalue weighted by Crippen LogP contribution is 2.23. The fraction of sp³-hybridized carbons (Fsp3) is 0.273. The summed E-state index contributed by atoms with van der Waals surface area (Å²) in [7, 11) is 0. The molecule has 16 heavy (non-hydrogen) atoms. The molecule has 0 saturated carbocycles. The second-order valence-corrected chi connectivity index (χ2v) is 3.82. The monoisotopic (exact) mass is 242 g/mol. The van der Waals surface area contributed by atoms with E-state index in [1.165, 1.54) is 31.2 Å². The number of hydrogen-bond acceptors (Lipinski definition) is 3. The predicted molar refractivity (Wildman–Crippen MR) is 58.3 cm³/mol. The molecule has 0 aromatic heterocycles. The summed E-state index contributed by atoms with van der Waals surface area (Å²) in [5.41, 5.74) is 0.833. The molecule has 0 radical (unpaired) electrons. The van der Waals surface area contributed by atoms with Gasteiger partial charge in [-0.3, -0.25) is 4.79 Å². The number of carboxylic acids is 1. The molecule has 1 aromatic carbocycles. The summed E-state index contributed by atoms with van der Waals surface area (Å²) in [5.74, 6) is -1.50. The molecule has 0 aliphatic heterocycles. The Morgan fingerprint density at radius 3 is 2.00 bits per heavy atom. The molecule has 0 aliphatic rings. The number of benzene rings is 1. The van der Waals surface area contributed by atoms with E-state index in [2.05, 4.69) is 0 Å². The topological polar surface area (TPSA) is 74.6 Å². The third kappa shape index (κ3) is 2.81. The van der Waals surface area contributed by atoms with Crippen LogP contribution in [0.5, 0.6) is 0 Å². The van der Waals surface area contributed by atoms with Crippen LogP contribution in [0.15, 0.2) is 24.3 Å². The summed E-state index contributed by atoms with van der Waals surface area (Å²) in [5, 5.41) is 17.1. The van der Waals surface area contributed by atoms with E-state index in [1.807, 2.05) is 0 Å². The van der Waals surface area contributed by atoms with Crippen molar-refractivity contribution in [3.63, 3.8) is 0 Å². The van der Waals surface area contributed by atoms with Gasteiger partial charge in [-0.2, -0.15) is 0 Å². The van der Waals surface area contributed by atoms with E-state index in [0.717, 1.165) is 0 Å². The second-order valence-electron chi connectivity index (χ2n) is 3.38. The van der Waals surface area contributed by atoms with Gasteiger partial charge in [-0.25, -0.2) is 4.79 Å². The van der Waals surface area contributed by atoms with Gasteiger partial charge in [0.1, 0.15) is 5.38 Å². The Morgan fingerprint density at radius 2 is 1.62 bits per heavy atom. The SMILES string of the molecule is CC(=O)C(Cl)c1ccc(C(O)C(=O)O)cc1. The Hall–Kier alpha value is -1.39. The summed E-state index contributed by atoms with van der Waals surface area (Å²) in [6, 6.07) is 5.93. The van der Waals surface area contributed by atoms with Crippen LogP contribution in [-0.4, -0.2) is 22.0 Å². The highest BCUT2D eigenvalue weighted by molar-refractivity contribution is 6.30. The minimum Gasteiger partial charge on any atom is -0.479 e. The molecule has 0 aliphatic carbocycles. The van der Waals surface area contributed by atoms with E-state index >= 15 is 0 Å². The minimum absolute atomic E-state index is 0.187. The van der Waals surface area contributed by atoms with E-state index in [-0.39, 0.29) is 11.3 Å². The highest BCUT2D eigenvalue weighted by atomic mass is 35.5. The number of hydrogen-bond donors (Lipinski definition) is 2. The number of ketones is 1. The maximum absolute atomic E-state index is 11.0. The quantitative estimate of drug-likeness (QED) is 0.788. The normalized spacial score (nSPS) is 14.2. The van der Waals surface area contributed by atoms with Crippen LogP contribution in [0.1, 0.15) is 29.5 Å². The van der Waals surface area contributed by atoms with Gasteiger partial charge in [0.15, 0.2) is 11.9 Å². The largest absolute Gasteiger partial charge is 0.479 e. The maximum atomic E-state index is 11.0. The molecule has 1 rings (SSSR count). The number of Topliss-reactive ketones (excluding diaryl/α,β-unsaturated/α-hetero) is 1. The van der Waals surface area contributed by atoms with E-state index < -0.39 is 17.5 Å². The molecule has 2 atom stereocenters. The number of carbonyl (C=O) groups is 2. The summed E-state index contributed by atoms with van der Waals surface area (Å²) in [6.07, 6.45) is -1.56. The van der Waals surface area contributed by atoms with Crippen molar-refractivity contribution in [3.05, 3.63) is 35.4 Å². The Labute approximate surface area is 97.5 Å². The average molecular weight is 243 g/mol. The van der Waals surface area contributed by atoms with Crippen LogP contribution < -0.4 is 0 Å². The molecule has 2 unspecified atom stereocenters. The van der Waals surface area contributed by atoms with Crippen molar-refractivity contribution in [2.24, 2.45) is 0 Å². The molecule has 0 heterocycles. The molecule has 0 fully saturated rings. The van der Waals surface area contributed by atoms with E-state index in [9.17, 15) is 14.7 Å².